The molecule has 4 heteroatoms. The third kappa shape index (κ3) is 3.48. The van der Waals surface area contributed by atoms with E-state index in [9.17, 15) is 0 Å². The van der Waals surface area contributed by atoms with E-state index in [-0.39, 0.29) is 0 Å². The number of imidazole rings is 1. The summed E-state index contributed by atoms with van der Waals surface area (Å²) in [7, 11) is 2.19. The molecule has 5 aromatic rings. The second-order valence-corrected chi connectivity index (χ2v) is 10.9. The van der Waals surface area contributed by atoms with Crippen LogP contribution < -0.4 is 4.57 Å². The van der Waals surface area contributed by atoms with E-state index in [4.69, 9.17) is 4.98 Å². The highest BCUT2D eigenvalue weighted by molar-refractivity contribution is 7.18. The van der Waals surface area contributed by atoms with Crippen molar-refractivity contribution in [2.45, 2.75) is 53.4 Å². The van der Waals surface area contributed by atoms with Crippen molar-refractivity contribution in [3.8, 4) is 17.1 Å². The van der Waals surface area contributed by atoms with E-state index in [1.165, 1.54) is 49.5 Å². The number of thiazole rings is 1. The molecule has 33 heavy (non-hydrogen) atoms. The predicted octanol–water partition coefficient (Wildman–Crippen LogP) is 7.60. The third-order valence-electron chi connectivity index (χ3n) is 6.66. The van der Waals surface area contributed by atoms with Gasteiger partial charge in [-0.05, 0) is 55.5 Å². The Balaban J connectivity index is 1.96. The van der Waals surface area contributed by atoms with E-state index in [1.54, 1.807) is 11.3 Å². The van der Waals surface area contributed by atoms with Gasteiger partial charge in [0.2, 0.25) is 0 Å². The van der Waals surface area contributed by atoms with Gasteiger partial charge in [-0.3, -0.25) is 0 Å². The molecule has 3 nitrogen and oxygen atoms in total. The Hall–Kier alpha value is -2.98. The number of hydrogen-bond donors (Lipinski definition) is 0. The van der Waals surface area contributed by atoms with Crippen LogP contribution in [-0.4, -0.2) is 9.55 Å². The molecule has 168 valence electrons. The molecular weight excluding hydrogens is 422 g/mol. The van der Waals surface area contributed by atoms with Crippen LogP contribution in [0.3, 0.4) is 0 Å². The maximum atomic E-state index is 4.82. The maximum absolute atomic E-state index is 4.82. The zero-order chi connectivity index (χ0) is 23.4. The van der Waals surface area contributed by atoms with Crippen LogP contribution in [0.25, 0.3) is 38.3 Å². The van der Waals surface area contributed by atoms with Gasteiger partial charge in [-0.2, -0.15) is 4.57 Å². The fraction of sp³-hybridized carbons (Fsp3) is 0.310. The largest absolute Gasteiger partial charge is 0.295 e. The van der Waals surface area contributed by atoms with Crippen molar-refractivity contribution < 1.29 is 4.57 Å². The molecule has 2 aromatic heterocycles. The molecule has 0 radical (unpaired) electrons. The third-order valence-corrected chi connectivity index (χ3v) is 7.60. The van der Waals surface area contributed by atoms with Crippen molar-refractivity contribution >= 4 is 32.6 Å². The molecule has 0 aliphatic carbocycles. The molecule has 0 aliphatic rings. The Kier molecular flexibility index (Phi) is 5.37. The van der Waals surface area contributed by atoms with Crippen molar-refractivity contribution in [1.82, 2.24) is 9.55 Å². The Bertz CT molecular complexity index is 1470. The Labute approximate surface area is 200 Å². The number of para-hydroxylation sites is 3. The first-order chi connectivity index (χ1) is 15.8. The standard InChI is InChI=1S/C29H32N3S/c1-17(2)21-11-10-12-22(18(3)4)28(21)32-26-14-9-8-13-25(26)31(7)29(32)23-16-24-27(15-19(23)5)33-20(6)30-24/h8-18H,1-7H3/q+1. The summed E-state index contributed by atoms with van der Waals surface area (Å²) >= 11 is 1.77. The summed E-state index contributed by atoms with van der Waals surface area (Å²) in [5.74, 6) is 2.04. The molecule has 0 bridgehead atoms. The number of aryl methyl sites for hydroxylation is 3. The Morgan fingerprint density at radius 1 is 0.879 bits per heavy atom. The highest BCUT2D eigenvalue weighted by Crippen LogP contribution is 2.38. The van der Waals surface area contributed by atoms with E-state index >= 15 is 0 Å². The lowest BCUT2D eigenvalue weighted by Crippen LogP contribution is -2.30. The summed E-state index contributed by atoms with van der Waals surface area (Å²) in [5, 5.41) is 1.11. The molecule has 0 atom stereocenters. The van der Waals surface area contributed by atoms with Gasteiger partial charge in [-0.1, -0.05) is 58.0 Å². The molecule has 0 spiro atoms. The van der Waals surface area contributed by atoms with E-state index < -0.39 is 0 Å². The van der Waals surface area contributed by atoms with Crippen molar-refractivity contribution in [3.05, 3.63) is 76.3 Å². The predicted molar refractivity (Wildman–Crippen MR) is 141 cm³/mol. The zero-order valence-corrected chi connectivity index (χ0v) is 21.4. The molecular formula is C29H32N3S+. The van der Waals surface area contributed by atoms with E-state index in [0.29, 0.717) is 11.8 Å². The molecule has 0 fully saturated rings. The number of hydrogen-bond acceptors (Lipinski definition) is 2. The van der Waals surface area contributed by atoms with Crippen molar-refractivity contribution in [1.29, 1.82) is 0 Å². The maximum Gasteiger partial charge on any atom is 0.295 e. The topological polar surface area (TPSA) is 21.7 Å². The Morgan fingerprint density at radius 3 is 2.21 bits per heavy atom. The van der Waals surface area contributed by atoms with Gasteiger partial charge in [0.15, 0.2) is 11.0 Å². The van der Waals surface area contributed by atoms with Crippen LogP contribution >= 0.6 is 11.3 Å². The molecule has 5 rings (SSSR count). The average Bonchev–Trinajstić information content (AvgIpc) is 3.28. The lowest BCUT2D eigenvalue weighted by molar-refractivity contribution is -0.633. The highest BCUT2D eigenvalue weighted by atomic mass is 32.1. The first kappa shape index (κ1) is 21.8. The highest BCUT2D eigenvalue weighted by Gasteiger charge is 2.31. The molecule has 0 aliphatic heterocycles. The lowest BCUT2D eigenvalue weighted by Gasteiger charge is -2.18. The van der Waals surface area contributed by atoms with Crippen LogP contribution in [0.4, 0.5) is 0 Å². The number of rotatable bonds is 4. The minimum Gasteiger partial charge on any atom is -0.241 e. The van der Waals surface area contributed by atoms with E-state index in [0.717, 1.165) is 10.5 Å². The van der Waals surface area contributed by atoms with Gasteiger partial charge < -0.3 is 0 Å². The van der Waals surface area contributed by atoms with Gasteiger partial charge in [0.05, 0.1) is 27.8 Å². The summed E-state index contributed by atoms with van der Waals surface area (Å²) in [6.07, 6.45) is 0. The first-order valence-electron chi connectivity index (χ1n) is 11.8. The second kappa shape index (κ2) is 8.11. The summed E-state index contributed by atoms with van der Waals surface area (Å²) in [5.41, 5.74) is 10.1. The van der Waals surface area contributed by atoms with E-state index in [2.05, 4.69) is 112 Å². The SMILES string of the molecule is Cc1nc2cc(-c3n(-c4c(C(C)C)cccc4C(C)C)c4ccccc4[n+]3C)c(C)cc2s1. The van der Waals surface area contributed by atoms with Crippen LogP contribution in [0.15, 0.2) is 54.6 Å². The van der Waals surface area contributed by atoms with Crippen LogP contribution in [0.1, 0.15) is 61.2 Å². The van der Waals surface area contributed by atoms with Crippen LogP contribution in [0.5, 0.6) is 0 Å². The van der Waals surface area contributed by atoms with Crippen LogP contribution in [0.2, 0.25) is 0 Å². The molecule has 0 saturated carbocycles. The summed E-state index contributed by atoms with van der Waals surface area (Å²) < 4.78 is 6.11. The van der Waals surface area contributed by atoms with Gasteiger partial charge in [-0.25, -0.2) is 9.55 Å². The lowest BCUT2D eigenvalue weighted by atomic mass is 9.92. The molecule has 0 unspecified atom stereocenters. The van der Waals surface area contributed by atoms with Gasteiger partial charge in [-0.15, -0.1) is 11.3 Å². The smallest absolute Gasteiger partial charge is 0.241 e. The van der Waals surface area contributed by atoms with Crippen LogP contribution in [0, 0.1) is 13.8 Å². The number of fused-ring (bicyclic) bond motifs is 2. The van der Waals surface area contributed by atoms with Gasteiger partial charge in [0, 0.05) is 11.1 Å². The van der Waals surface area contributed by atoms with Gasteiger partial charge >= 0.3 is 0 Å². The summed E-state index contributed by atoms with van der Waals surface area (Å²) in [4.78, 5) is 4.82. The van der Waals surface area contributed by atoms with Gasteiger partial charge in [0.1, 0.15) is 5.69 Å². The quantitative estimate of drug-likeness (QED) is 0.256. The minimum atomic E-state index is 0.419. The van der Waals surface area contributed by atoms with Gasteiger partial charge in [0.25, 0.3) is 5.82 Å². The number of nitrogens with zero attached hydrogens (tertiary/aromatic N) is 3. The molecule has 0 N–H and O–H groups in total. The van der Waals surface area contributed by atoms with E-state index in [1.807, 2.05) is 0 Å². The van der Waals surface area contributed by atoms with Crippen LogP contribution in [-0.2, 0) is 7.05 Å². The Morgan fingerprint density at radius 2 is 1.55 bits per heavy atom. The second-order valence-electron chi connectivity index (χ2n) is 9.67. The average molecular weight is 455 g/mol. The zero-order valence-electron chi connectivity index (χ0n) is 20.6. The monoisotopic (exact) mass is 454 g/mol. The number of benzene rings is 3. The summed E-state index contributed by atoms with van der Waals surface area (Å²) in [6.45, 7) is 13.5. The number of aromatic nitrogens is 3. The summed E-state index contributed by atoms with van der Waals surface area (Å²) in [6, 6.07) is 20.2. The minimum absolute atomic E-state index is 0.419. The molecule has 0 amide bonds. The first-order valence-corrected chi connectivity index (χ1v) is 12.6. The fourth-order valence-corrected chi connectivity index (χ4v) is 5.95. The van der Waals surface area contributed by atoms with Crippen molar-refractivity contribution in [2.75, 3.05) is 0 Å². The molecule has 2 heterocycles. The van der Waals surface area contributed by atoms with Crippen molar-refractivity contribution in [3.63, 3.8) is 0 Å². The molecule has 0 saturated heterocycles. The molecule has 3 aromatic carbocycles. The fourth-order valence-electron chi connectivity index (χ4n) is 5.04. The normalized spacial score (nSPS) is 12.0. The van der Waals surface area contributed by atoms with Crippen molar-refractivity contribution in [2.24, 2.45) is 7.05 Å².